The molecule has 1 aromatic rings. The number of likely N-dealkylation sites (N-methyl/N-ethyl adjacent to an activating group) is 1. The largest absolute Gasteiger partial charge is 0.326 e. The molecule has 1 aliphatic rings. The smallest absolute Gasteiger partial charge is 0.0646 e. The number of hydrogen-bond acceptors (Lipinski definition) is 3. The van der Waals surface area contributed by atoms with Crippen LogP contribution in [0.15, 0.2) is 12.4 Å². The van der Waals surface area contributed by atoms with Crippen LogP contribution in [-0.4, -0.2) is 34.3 Å². The summed E-state index contributed by atoms with van der Waals surface area (Å²) in [6.45, 7) is 6.31. The van der Waals surface area contributed by atoms with Gasteiger partial charge in [0.1, 0.15) is 0 Å². The molecule has 1 aromatic heterocycles. The molecule has 4 heteroatoms. The fraction of sp³-hybridized carbons (Fsp3) is 0.727. The van der Waals surface area contributed by atoms with E-state index in [0.29, 0.717) is 12.6 Å². The van der Waals surface area contributed by atoms with Crippen molar-refractivity contribution in [2.24, 2.45) is 5.73 Å². The molecular weight excluding hydrogens is 188 g/mol. The van der Waals surface area contributed by atoms with E-state index in [1.807, 2.05) is 6.20 Å². The van der Waals surface area contributed by atoms with Crippen molar-refractivity contribution >= 4 is 0 Å². The van der Waals surface area contributed by atoms with Gasteiger partial charge in [0.05, 0.1) is 12.2 Å². The molecule has 0 aliphatic carbocycles. The minimum Gasteiger partial charge on any atom is -0.326 e. The average molecular weight is 208 g/mol. The first kappa shape index (κ1) is 10.6. The highest BCUT2D eigenvalue weighted by Gasteiger charge is 2.20. The molecule has 2 rings (SSSR count). The van der Waals surface area contributed by atoms with Crippen LogP contribution in [0, 0.1) is 0 Å². The number of aromatic nitrogens is 2. The molecule has 2 N–H and O–H groups in total. The van der Waals surface area contributed by atoms with E-state index in [1.54, 1.807) is 0 Å². The molecule has 0 aromatic carbocycles. The van der Waals surface area contributed by atoms with Crippen molar-refractivity contribution in [1.29, 1.82) is 0 Å². The van der Waals surface area contributed by atoms with E-state index in [1.165, 1.54) is 19.4 Å². The SMILES string of the molecule is CCN1CCCC(n2cc(CN)cn2)C1. The van der Waals surface area contributed by atoms with E-state index in [4.69, 9.17) is 5.73 Å². The van der Waals surface area contributed by atoms with Gasteiger partial charge >= 0.3 is 0 Å². The number of rotatable bonds is 3. The van der Waals surface area contributed by atoms with Gasteiger partial charge in [0.2, 0.25) is 0 Å². The van der Waals surface area contributed by atoms with Crippen molar-refractivity contribution in [3.8, 4) is 0 Å². The van der Waals surface area contributed by atoms with Crippen LogP contribution in [0.25, 0.3) is 0 Å². The zero-order valence-corrected chi connectivity index (χ0v) is 9.39. The summed E-state index contributed by atoms with van der Waals surface area (Å²) in [5, 5.41) is 4.39. The highest BCUT2D eigenvalue weighted by atomic mass is 15.3. The van der Waals surface area contributed by atoms with Crippen LogP contribution in [0.4, 0.5) is 0 Å². The summed E-state index contributed by atoms with van der Waals surface area (Å²) in [6.07, 6.45) is 6.48. The quantitative estimate of drug-likeness (QED) is 0.806. The van der Waals surface area contributed by atoms with Gasteiger partial charge in [0, 0.05) is 24.8 Å². The molecule has 2 heterocycles. The van der Waals surface area contributed by atoms with Gasteiger partial charge in [-0.05, 0) is 25.9 Å². The van der Waals surface area contributed by atoms with Crippen LogP contribution in [0.1, 0.15) is 31.4 Å². The topological polar surface area (TPSA) is 47.1 Å². The summed E-state index contributed by atoms with van der Waals surface area (Å²) in [7, 11) is 0. The fourth-order valence-corrected chi connectivity index (χ4v) is 2.22. The van der Waals surface area contributed by atoms with Crippen LogP contribution >= 0.6 is 0 Å². The number of likely N-dealkylation sites (tertiary alicyclic amines) is 1. The summed E-state index contributed by atoms with van der Waals surface area (Å²) in [5.41, 5.74) is 6.71. The van der Waals surface area contributed by atoms with E-state index in [0.717, 1.165) is 18.7 Å². The third kappa shape index (κ3) is 2.38. The Morgan fingerprint density at radius 2 is 2.47 bits per heavy atom. The zero-order valence-electron chi connectivity index (χ0n) is 9.39. The Labute approximate surface area is 91.1 Å². The van der Waals surface area contributed by atoms with Crippen molar-refractivity contribution in [1.82, 2.24) is 14.7 Å². The van der Waals surface area contributed by atoms with Gasteiger partial charge in [-0.25, -0.2) is 0 Å². The van der Waals surface area contributed by atoms with Crippen molar-refractivity contribution in [2.75, 3.05) is 19.6 Å². The number of hydrogen-bond donors (Lipinski definition) is 1. The Morgan fingerprint density at radius 3 is 3.13 bits per heavy atom. The van der Waals surface area contributed by atoms with Crippen LogP contribution in [0.2, 0.25) is 0 Å². The van der Waals surface area contributed by atoms with Crippen LogP contribution in [-0.2, 0) is 6.54 Å². The maximum Gasteiger partial charge on any atom is 0.0646 e. The third-order valence-corrected chi connectivity index (χ3v) is 3.19. The van der Waals surface area contributed by atoms with Gasteiger partial charge < -0.3 is 10.6 Å². The molecule has 1 aliphatic heterocycles. The zero-order chi connectivity index (χ0) is 10.7. The fourth-order valence-electron chi connectivity index (χ4n) is 2.22. The molecule has 0 spiro atoms. The summed E-state index contributed by atoms with van der Waals surface area (Å²) in [5.74, 6) is 0. The van der Waals surface area contributed by atoms with Crippen LogP contribution < -0.4 is 5.73 Å². The molecule has 0 saturated carbocycles. The highest BCUT2D eigenvalue weighted by Crippen LogP contribution is 2.20. The lowest BCUT2D eigenvalue weighted by molar-refractivity contribution is 0.177. The second-order valence-corrected chi connectivity index (χ2v) is 4.22. The van der Waals surface area contributed by atoms with Crippen molar-refractivity contribution < 1.29 is 0 Å². The molecular formula is C11H20N4. The lowest BCUT2D eigenvalue weighted by Crippen LogP contribution is -2.36. The lowest BCUT2D eigenvalue weighted by atomic mass is 10.1. The summed E-state index contributed by atoms with van der Waals surface area (Å²) >= 11 is 0. The van der Waals surface area contributed by atoms with Crippen molar-refractivity contribution in [3.05, 3.63) is 18.0 Å². The summed E-state index contributed by atoms with van der Waals surface area (Å²) in [4.78, 5) is 2.48. The molecule has 84 valence electrons. The molecule has 15 heavy (non-hydrogen) atoms. The Bertz CT molecular complexity index is 307. The standard InChI is InChI=1S/C11H20N4/c1-2-14-5-3-4-11(9-14)15-8-10(6-12)7-13-15/h7-8,11H,2-6,9,12H2,1H3. The van der Waals surface area contributed by atoms with E-state index in [-0.39, 0.29) is 0 Å². The van der Waals surface area contributed by atoms with Gasteiger partial charge in [-0.15, -0.1) is 0 Å². The molecule has 4 nitrogen and oxygen atoms in total. The monoisotopic (exact) mass is 208 g/mol. The van der Waals surface area contributed by atoms with E-state index in [2.05, 4.69) is 27.8 Å². The first-order valence-electron chi connectivity index (χ1n) is 5.79. The van der Waals surface area contributed by atoms with Crippen LogP contribution in [0.5, 0.6) is 0 Å². The number of nitrogens with zero attached hydrogens (tertiary/aromatic N) is 3. The number of nitrogens with two attached hydrogens (primary N) is 1. The summed E-state index contributed by atoms with van der Waals surface area (Å²) in [6, 6.07) is 0.541. The Kier molecular flexibility index (Phi) is 3.38. The van der Waals surface area contributed by atoms with Gasteiger partial charge in [-0.2, -0.15) is 5.10 Å². The minimum atomic E-state index is 0.541. The Hall–Kier alpha value is -0.870. The number of piperidine rings is 1. The predicted molar refractivity (Wildman–Crippen MR) is 60.5 cm³/mol. The van der Waals surface area contributed by atoms with Gasteiger partial charge in [-0.3, -0.25) is 4.68 Å². The van der Waals surface area contributed by atoms with E-state index in [9.17, 15) is 0 Å². The second-order valence-electron chi connectivity index (χ2n) is 4.22. The first-order valence-corrected chi connectivity index (χ1v) is 5.79. The second kappa shape index (κ2) is 4.77. The maximum atomic E-state index is 5.58. The highest BCUT2D eigenvalue weighted by molar-refractivity contribution is 5.03. The van der Waals surface area contributed by atoms with Gasteiger partial charge in [0.25, 0.3) is 0 Å². The maximum absolute atomic E-state index is 5.58. The summed E-state index contributed by atoms with van der Waals surface area (Å²) < 4.78 is 2.09. The van der Waals surface area contributed by atoms with Crippen molar-refractivity contribution in [2.45, 2.75) is 32.4 Å². The first-order chi connectivity index (χ1) is 7.33. The Balaban J connectivity index is 2.03. The minimum absolute atomic E-state index is 0.541. The normalized spacial score (nSPS) is 23.2. The van der Waals surface area contributed by atoms with E-state index >= 15 is 0 Å². The van der Waals surface area contributed by atoms with Crippen molar-refractivity contribution in [3.63, 3.8) is 0 Å². The lowest BCUT2D eigenvalue weighted by Gasteiger charge is -2.31. The third-order valence-electron chi connectivity index (χ3n) is 3.19. The molecule has 1 fully saturated rings. The molecule has 0 radical (unpaired) electrons. The van der Waals surface area contributed by atoms with Gasteiger partial charge in [0.15, 0.2) is 0 Å². The molecule has 1 atom stereocenters. The van der Waals surface area contributed by atoms with Crippen LogP contribution in [0.3, 0.4) is 0 Å². The molecule has 0 amide bonds. The van der Waals surface area contributed by atoms with E-state index < -0.39 is 0 Å². The molecule has 0 bridgehead atoms. The average Bonchev–Trinajstić information content (AvgIpc) is 2.78. The molecule has 1 saturated heterocycles. The van der Waals surface area contributed by atoms with Gasteiger partial charge in [-0.1, -0.05) is 6.92 Å². The Morgan fingerprint density at radius 1 is 1.60 bits per heavy atom. The predicted octanol–water partition coefficient (Wildman–Crippen LogP) is 0.999. The molecule has 1 unspecified atom stereocenters.